The van der Waals surface area contributed by atoms with Crippen LogP contribution in [0.5, 0.6) is 23.0 Å². The topological polar surface area (TPSA) is 66.5 Å². The number of carbonyl (C=O) groups excluding carboxylic acids is 1. The van der Waals surface area contributed by atoms with Gasteiger partial charge in [-0.2, -0.15) is 0 Å². The fraction of sp³-hybridized carbons (Fsp3) is 0.458. The summed E-state index contributed by atoms with van der Waals surface area (Å²) in [5.41, 5.74) is 0.897. The number of rotatable bonds is 5. The zero-order valence-corrected chi connectivity index (χ0v) is 18.9. The summed E-state index contributed by atoms with van der Waals surface area (Å²) in [6.45, 7) is 3.82. The highest BCUT2D eigenvalue weighted by molar-refractivity contribution is 6.17. The maximum Gasteiger partial charge on any atom is 0.316 e. The number of ether oxygens (including phenoxy) is 5. The van der Waals surface area contributed by atoms with Crippen molar-refractivity contribution >= 4 is 17.6 Å². The molecule has 0 amide bonds. The summed E-state index contributed by atoms with van der Waals surface area (Å²) in [5, 5.41) is 0. The first-order valence-corrected chi connectivity index (χ1v) is 11.3. The van der Waals surface area contributed by atoms with Gasteiger partial charge < -0.3 is 23.7 Å². The van der Waals surface area contributed by atoms with Gasteiger partial charge in [-0.05, 0) is 43.5 Å². The Bertz CT molecular complexity index is 1010. The third-order valence-corrected chi connectivity index (χ3v) is 6.84. The first-order valence-electron chi connectivity index (χ1n) is 10.8. The number of nitrogens with zero attached hydrogens (tertiary/aromatic N) is 1. The number of hydrogen-bond acceptors (Lipinski definition) is 7. The molecule has 170 valence electrons. The van der Waals surface area contributed by atoms with Crippen molar-refractivity contribution in [3.8, 4) is 23.0 Å². The van der Waals surface area contributed by atoms with Crippen molar-refractivity contribution in [2.75, 3.05) is 33.1 Å². The fourth-order valence-electron chi connectivity index (χ4n) is 5.15. The van der Waals surface area contributed by atoms with E-state index >= 15 is 0 Å². The van der Waals surface area contributed by atoms with Gasteiger partial charge in [-0.15, -0.1) is 0 Å². The van der Waals surface area contributed by atoms with Gasteiger partial charge in [-0.1, -0.05) is 23.7 Å². The van der Waals surface area contributed by atoms with Crippen LogP contribution in [0.4, 0.5) is 0 Å². The second-order valence-electron chi connectivity index (χ2n) is 8.40. The molecule has 3 aliphatic heterocycles. The van der Waals surface area contributed by atoms with E-state index in [0.29, 0.717) is 17.2 Å². The van der Waals surface area contributed by atoms with E-state index in [-0.39, 0.29) is 18.8 Å². The minimum atomic E-state index is -0.912. The van der Waals surface area contributed by atoms with Crippen molar-refractivity contribution in [1.29, 1.82) is 0 Å². The van der Waals surface area contributed by atoms with Crippen LogP contribution in [0, 0.1) is 5.92 Å². The number of hydrogen-bond donors (Lipinski definition) is 0. The third-order valence-electron chi connectivity index (χ3n) is 6.73. The summed E-state index contributed by atoms with van der Waals surface area (Å²) in [4.78, 5) is 15.7. The lowest BCUT2D eigenvalue weighted by Crippen LogP contribution is -2.61. The Balaban J connectivity index is 1.70. The molecule has 2 aromatic carbocycles. The highest BCUT2D eigenvalue weighted by atomic mass is 35.5. The van der Waals surface area contributed by atoms with Gasteiger partial charge in [0.15, 0.2) is 23.3 Å². The van der Waals surface area contributed by atoms with E-state index in [4.69, 9.17) is 35.3 Å². The Morgan fingerprint density at radius 3 is 2.47 bits per heavy atom. The lowest BCUT2D eigenvalue weighted by molar-refractivity contribution is -0.173. The van der Waals surface area contributed by atoms with Crippen molar-refractivity contribution < 1.29 is 28.5 Å². The molecule has 7 nitrogen and oxygen atoms in total. The molecule has 32 heavy (non-hydrogen) atoms. The summed E-state index contributed by atoms with van der Waals surface area (Å²) in [7, 11) is 1.63. The molecule has 0 spiro atoms. The molecule has 1 fully saturated rings. The van der Waals surface area contributed by atoms with Crippen LogP contribution in [-0.2, 0) is 9.53 Å². The molecule has 1 saturated heterocycles. The average Bonchev–Trinajstić information content (AvgIpc) is 3.49. The van der Waals surface area contributed by atoms with Gasteiger partial charge in [0.1, 0.15) is 17.4 Å². The molecule has 3 aliphatic rings. The molecule has 2 aromatic rings. The summed E-state index contributed by atoms with van der Waals surface area (Å²) < 4.78 is 28.6. The largest absolute Gasteiger partial charge is 0.497 e. The molecule has 0 bridgehead atoms. The maximum absolute atomic E-state index is 13.4. The molecule has 0 saturated carbocycles. The molecular formula is C24H26ClNO6. The number of methoxy groups -OCH3 is 1. The molecule has 3 unspecified atom stereocenters. The highest BCUT2D eigenvalue weighted by Crippen LogP contribution is 2.53. The summed E-state index contributed by atoms with van der Waals surface area (Å²) >= 11 is 5.83. The van der Waals surface area contributed by atoms with Gasteiger partial charge in [0, 0.05) is 30.6 Å². The molecule has 0 aliphatic carbocycles. The number of benzene rings is 2. The van der Waals surface area contributed by atoms with Crippen LogP contribution in [0.15, 0.2) is 36.4 Å². The van der Waals surface area contributed by atoms with E-state index in [2.05, 4.69) is 4.90 Å². The Morgan fingerprint density at radius 1 is 1.12 bits per heavy atom. The van der Waals surface area contributed by atoms with Crippen LogP contribution in [0.3, 0.4) is 0 Å². The van der Waals surface area contributed by atoms with Crippen LogP contribution in [-0.4, -0.2) is 49.7 Å². The van der Waals surface area contributed by atoms with Gasteiger partial charge in [0.2, 0.25) is 6.79 Å². The molecule has 0 aromatic heterocycles. The molecule has 0 radical (unpaired) electrons. The second kappa shape index (κ2) is 8.37. The summed E-state index contributed by atoms with van der Waals surface area (Å²) in [5.74, 6) is 1.34. The number of esters is 1. The van der Waals surface area contributed by atoms with Crippen LogP contribution in [0.2, 0.25) is 0 Å². The van der Waals surface area contributed by atoms with Gasteiger partial charge >= 0.3 is 5.97 Å². The number of carbonyl (C=O) groups is 1. The van der Waals surface area contributed by atoms with Crippen molar-refractivity contribution in [1.82, 2.24) is 4.90 Å². The van der Waals surface area contributed by atoms with Crippen LogP contribution < -0.4 is 18.9 Å². The number of alkyl halides is 1. The number of likely N-dealkylation sites (tertiary alicyclic amines) is 1. The Labute approximate surface area is 192 Å². The third kappa shape index (κ3) is 3.44. The standard InChI is InChI=1S/C24H26ClNO6/c1-24(26-9-3-4-10-26)22(23(27)29-13-25)21(15-5-7-16(28-2)8-6-15)17-11-19-20(31-14-30-19)12-18(17)32-24/h5-8,11-12,21-22H,3-4,9-10,13-14H2,1-2H3. The monoisotopic (exact) mass is 459 g/mol. The second-order valence-corrected chi connectivity index (χ2v) is 8.61. The molecule has 0 N–H and O–H groups in total. The lowest BCUT2D eigenvalue weighted by atomic mass is 9.72. The average molecular weight is 460 g/mol. The van der Waals surface area contributed by atoms with Crippen molar-refractivity contribution in [2.45, 2.75) is 31.4 Å². The van der Waals surface area contributed by atoms with Gasteiger partial charge in [-0.25, -0.2) is 0 Å². The van der Waals surface area contributed by atoms with E-state index in [0.717, 1.165) is 42.8 Å². The Kier molecular flexibility index (Phi) is 5.55. The molecule has 3 heterocycles. The van der Waals surface area contributed by atoms with Crippen molar-refractivity contribution in [3.05, 3.63) is 47.5 Å². The minimum Gasteiger partial charge on any atom is -0.497 e. The summed E-state index contributed by atoms with van der Waals surface area (Å²) in [6, 6.07) is 11.3. The zero-order valence-electron chi connectivity index (χ0n) is 18.1. The number of halogens is 1. The van der Waals surface area contributed by atoms with Crippen LogP contribution >= 0.6 is 11.6 Å². The predicted molar refractivity (Wildman–Crippen MR) is 118 cm³/mol. The first kappa shape index (κ1) is 21.2. The smallest absolute Gasteiger partial charge is 0.316 e. The molecule has 5 rings (SSSR count). The van der Waals surface area contributed by atoms with E-state index in [1.165, 1.54) is 0 Å². The SMILES string of the molecule is COc1ccc(C2c3cc4c(cc3OC(C)(N3CCCC3)C2C(=O)OCCl)OCO4)cc1. The molecule has 8 heteroatoms. The van der Waals surface area contributed by atoms with Gasteiger partial charge in [0.25, 0.3) is 0 Å². The zero-order chi connectivity index (χ0) is 22.3. The number of fused-ring (bicyclic) bond motifs is 2. The lowest BCUT2D eigenvalue weighted by Gasteiger charge is -2.49. The Morgan fingerprint density at radius 2 is 1.81 bits per heavy atom. The fourth-order valence-corrected chi connectivity index (χ4v) is 5.26. The van der Waals surface area contributed by atoms with E-state index in [1.807, 2.05) is 43.3 Å². The Hall–Kier alpha value is -2.64. The normalized spacial score (nSPS) is 26.3. The van der Waals surface area contributed by atoms with Gasteiger partial charge in [-0.3, -0.25) is 9.69 Å². The van der Waals surface area contributed by atoms with Crippen LogP contribution in [0.25, 0.3) is 0 Å². The van der Waals surface area contributed by atoms with Gasteiger partial charge in [0.05, 0.1) is 7.11 Å². The van der Waals surface area contributed by atoms with Crippen molar-refractivity contribution in [3.63, 3.8) is 0 Å². The van der Waals surface area contributed by atoms with Crippen molar-refractivity contribution in [2.24, 2.45) is 5.92 Å². The van der Waals surface area contributed by atoms with E-state index in [1.54, 1.807) is 7.11 Å². The summed E-state index contributed by atoms with van der Waals surface area (Å²) in [6.07, 6.45) is 2.11. The van der Waals surface area contributed by atoms with E-state index < -0.39 is 17.6 Å². The quantitative estimate of drug-likeness (QED) is 0.492. The first-order chi connectivity index (χ1) is 15.5. The molecule has 3 atom stereocenters. The predicted octanol–water partition coefficient (Wildman–Crippen LogP) is 4.12. The molecular weight excluding hydrogens is 434 g/mol. The minimum absolute atomic E-state index is 0.159. The highest BCUT2D eigenvalue weighted by Gasteiger charge is 2.56. The van der Waals surface area contributed by atoms with Crippen LogP contribution in [0.1, 0.15) is 36.8 Å². The van der Waals surface area contributed by atoms with E-state index in [9.17, 15) is 4.79 Å². The maximum atomic E-state index is 13.4.